The first-order valence-corrected chi connectivity index (χ1v) is 8.88. The van der Waals surface area contributed by atoms with Crippen molar-refractivity contribution in [2.45, 2.75) is 6.92 Å². The molecular formula is C19H16BrNO2. The van der Waals surface area contributed by atoms with Gasteiger partial charge in [0.05, 0.1) is 17.5 Å². The number of aryl methyl sites for hydroxylation is 1. The highest BCUT2D eigenvalue weighted by atomic mass is 79.9. The van der Waals surface area contributed by atoms with Crippen molar-refractivity contribution in [2.24, 2.45) is 35.5 Å². The van der Waals surface area contributed by atoms with E-state index in [1.807, 2.05) is 25.1 Å². The molecule has 3 nitrogen and oxygen atoms in total. The second kappa shape index (κ2) is 4.44. The quantitative estimate of drug-likeness (QED) is 0.561. The number of carbonyl (C=O) groups is 2. The van der Waals surface area contributed by atoms with E-state index in [0.717, 1.165) is 10.0 Å². The number of imide groups is 1. The molecule has 0 spiro atoms. The van der Waals surface area contributed by atoms with E-state index in [-0.39, 0.29) is 35.5 Å². The SMILES string of the molecule is Cc1cc(N2C(=O)[C@@H]3[C@@H]4C=C[C@@H]([C@@H]5C=C[C@@H]54)[C@@H]3C2=O)ccc1Br. The Morgan fingerprint density at radius 2 is 1.39 bits per heavy atom. The molecule has 5 aliphatic rings. The monoisotopic (exact) mass is 369 g/mol. The molecule has 4 aliphatic carbocycles. The number of rotatable bonds is 1. The fourth-order valence-corrected chi connectivity index (χ4v) is 5.16. The Balaban J connectivity index is 1.59. The van der Waals surface area contributed by atoms with Crippen LogP contribution in [0.4, 0.5) is 5.69 Å². The minimum Gasteiger partial charge on any atom is -0.274 e. The average molecular weight is 370 g/mol. The number of hydrogen-bond donors (Lipinski definition) is 0. The molecule has 1 saturated carbocycles. The van der Waals surface area contributed by atoms with Crippen LogP contribution in [-0.4, -0.2) is 11.8 Å². The van der Waals surface area contributed by atoms with E-state index in [1.165, 1.54) is 4.90 Å². The molecule has 0 radical (unpaired) electrons. The number of nitrogens with zero attached hydrogens (tertiary/aromatic N) is 1. The molecule has 2 amide bonds. The van der Waals surface area contributed by atoms with Gasteiger partial charge in [-0.25, -0.2) is 0 Å². The molecule has 4 heteroatoms. The predicted octanol–water partition coefficient (Wildman–Crippen LogP) is 3.48. The summed E-state index contributed by atoms with van der Waals surface area (Å²) in [7, 11) is 0. The van der Waals surface area contributed by atoms with Crippen LogP contribution in [0.1, 0.15) is 5.56 Å². The Kier molecular flexibility index (Phi) is 2.65. The summed E-state index contributed by atoms with van der Waals surface area (Å²) in [6.45, 7) is 1.97. The highest BCUT2D eigenvalue weighted by Gasteiger charge is 2.62. The van der Waals surface area contributed by atoms with E-state index in [0.29, 0.717) is 17.5 Å². The highest BCUT2D eigenvalue weighted by Crippen LogP contribution is 2.59. The second-order valence-electron chi connectivity index (χ2n) is 7.08. The van der Waals surface area contributed by atoms with E-state index in [1.54, 1.807) is 0 Å². The van der Waals surface area contributed by atoms with Crippen LogP contribution in [0, 0.1) is 42.4 Å². The summed E-state index contributed by atoms with van der Waals surface area (Å²) >= 11 is 3.48. The molecule has 1 saturated heterocycles. The van der Waals surface area contributed by atoms with Gasteiger partial charge < -0.3 is 0 Å². The molecule has 0 unspecified atom stereocenters. The van der Waals surface area contributed by atoms with Crippen LogP contribution in [-0.2, 0) is 9.59 Å². The maximum atomic E-state index is 13.0. The lowest BCUT2D eigenvalue weighted by molar-refractivity contribution is -0.127. The van der Waals surface area contributed by atoms with Gasteiger partial charge in [-0.05, 0) is 54.4 Å². The number of allylic oxidation sites excluding steroid dienone is 4. The third-order valence-corrected chi connectivity index (χ3v) is 6.96. The van der Waals surface area contributed by atoms with Crippen LogP contribution >= 0.6 is 15.9 Å². The first-order chi connectivity index (χ1) is 11.1. The molecule has 1 aliphatic heterocycles. The minimum atomic E-state index is -0.173. The summed E-state index contributed by atoms with van der Waals surface area (Å²) in [5, 5.41) is 0. The number of hydrogen-bond acceptors (Lipinski definition) is 2. The Labute approximate surface area is 143 Å². The summed E-state index contributed by atoms with van der Waals surface area (Å²) in [4.78, 5) is 27.5. The van der Waals surface area contributed by atoms with Crippen molar-refractivity contribution in [1.82, 2.24) is 0 Å². The number of amides is 2. The van der Waals surface area contributed by atoms with Crippen LogP contribution in [0.2, 0.25) is 0 Å². The molecule has 1 aromatic rings. The van der Waals surface area contributed by atoms with E-state index >= 15 is 0 Å². The molecule has 0 aromatic heterocycles. The molecule has 2 fully saturated rings. The van der Waals surface area contributed by atoms with Gasteiger partial charge in [-0.15, -0.1) is 0 Å². The molecular weight excluding hydrogens is 354 g/mol. The summed E-state index contributed by atoms with van der Waals surface area (Å²) in [6.07, 6.45) is 8.79. The smallest absolute Gasteiger partial charge is 0.238 e. The largest absolute Gasteiger partial charge is 0.274 e. The number of carbonyl (C=O) groups excluding carboxylic acids is 2. The molecule has 1 heterocycles. The fraction of sp³-hybridized carbons (Fsp3) is 0.368. The van der Waals surface area contributed by atoms with Gasteiger partial charge in [0.1, 0.15) is 0 Å². The van der Waals surface area contributed by atoms with Crippen molar-refractivity contribution >= 4 is 33.4 Å². The van der Waals surface area contributed by atoms with E-state index in [9.17, 15) is 9.59 Å². The maximum Gasteiger partial charge on any atom is 0.238 e. The van der Waals surface area contributed by atoms with Gasteiger partial charge in [-0.1, -0.05) is 40.2 Å². The molecule has 6 atom stereocenters. The van der Waals surface area contributed by atoms with Crippen LogP contribution in [0.5, 0.6) is 0 Å². The van der Waals surface area contributed by atoms with E-state index in [2.05, 4.69) is 40.2 Å². The molecule has 23 heavy (non-hydrogen) atoms. The maximum absolute atomic E-state index is 13.0. The zero-order chi connectivity index (χ0) is 15.9. The van der Waals surface area contributed by atoms with E-state index < -0.39 is 0 Å². The Morgan fingerprint density at radius 3 is 1.87 bits per heavy atom. The lowest BCUT2D eigenvalue weighted by atomic mass is 9.50. The van der Waals surface area contributed by atoms with Crippen LogP contribution in [0.3, 0.4) is 0 Å². The van der Waals surface area contributed by atoms with Gasteiger partial charge in [-0.2, -0.15) is 0 Å². The summed E-state index contributed by atoms with van der Waals surface area (Å²) in [5.41, 5.74) is 1.73. The summed E-state index contributed by atoms with van der Waals surface area (Å²) in [5.74, 6) is 0.917. The van der Waals surface area contributed by atoms with Crippen molar-refractivity contribution in [2.75, 3.05) is 4.90 Å². The molecule has 0 N–H and O–H groups in total. The molecule has 2 bridgehead atoms. The lowest BCUT2D eigenvalue weighted by Crippen LogP contribution is -2.50. The number of benzene rings is 1. The van der Waals surface area contributed by atoms with Gasteiger partial charge in [0.25, 0.3) is 0 Å². The van der Waals surface area contributed by atoms with Crippen LogP contribution in [0.25, 0.3) is 0 Å². The fourth-order valence-electron chi connectivity index (χ4n) is 4.91. The lowest BCUT2D eigenvalue weighted by Gasteiger charge is -2.51. The predicted molar refractivity (Wildman–Crippen MR) is 90.6 cm³/mol. The van der Waals surface area contributed by atoms with Crippen molar-refractivity contribution in [3.63, 3.8) is 0 Å². The first-order valence-electron chi connectivity index (χ1n) is 8.08. The van der Waals surface area contributed by atoms with Crippen molar-refractivity contribution in [3.05, 3.63) is 52.5 Å². The van der Waals surface area contributed by atoms with Gasteiger partial charge in [0, 0.05) is 4.47 Å². The average Bonchev–Trinajstić information content (AvgIpc) is 2.75. The topological polar surface area (TPSA) is 37.4 Å². The summed E-state index contributed by atoms with van der Waals surface area (Å²) < 4.78 is 0.988. The Hall–Kier alpha value is -1.68. The van der Waals surface area contributed by atoms with Gasteiger partial charge in [0.2, 0.25) is 11.8 Å². The second-order valence-corrected chi connectivity index (χ2v) is 7.93. The zero-order valence-electron chi connectivity index (χ0n) is 12.6. The first kappa shape index (κ1) is 13.7. The molecule has 6 rings (SSSR count). The standard InChI is InChI=1S/C19H16BrNO2/c1-9-8-10(2-7-15(9)20)21-18(22)16-13-5-6-14(17(16)19(21)23)12-4-3-11(12)13/h2-8,11-14,16-17H,1H3/t11-,12+,13+,14-,16+,17-. The van der Waals surface area contributed by atoms with Crippen molar-refractivity contribution < 1.29 is 9.59 Å². The van der Waals surface area contributed by atoms with Gasteiger partial charge in [-0.3, -0.25) is 14.5 Å². The third-order valence-electron chi connectivity index (χ3n) is 6.07. The third kappa shape index (κ3) is 1.60. The van der Waals surface area contributed by atoms with Crippen LogP contribution in [0.15, 0.2) is 47.0 Å². The number of anilines is 1. The highest BCUT2D eigenvalue weighted by molar-refractivity contribution is 9.10. The van der Waals surface area contributed by atoms with Crippen molar-refractivity contribution in [1.29, 1.82) is 0 Å². The van der Waals surface area contributed by atoms with Gasteiger partial charge in [0.15, 0.2) is 0 Å². The summed E-state index contributed by atoms with van der Waals surface area (Å²) in [6, 6.07) is 5.68. The Bertz CT molecular complexity index is 772. The molecule has 1 aromatic carbocycles. The normalized spacial score (nSPS) is 39.5. The van der Waals surface area contributed by atoms with E-state index in [4.69, 9.17) is 0 Å². The van der Waals surface area contributed by atoms with Crippen molar-refractivity contribution in [3.8, 4) is 0 Å². The minimum absolute atomic E-state index is 0.0141. The van der Waals surface area contributed by atoms with Gasteiger partial charge >= 0.3 is 0 Å². The molecule has 116 valence electrons. The Morgan fingerprint density at radius 1 is 0.870 bits per heavy atom. The zero-order valence-corrected chi connectivity index (χ0v) is 14.2. The number of halogens is 1. The van der Waals surface area contributed by atoms with Crippen LogP contribution < -0.4 is 4.90 Å².